The highest BCUT2D eigenvalue weighted by Gasteiger charge is 2.39. The van der Waals surface area contributed by atoms with E-state index in [4.69, 9.17) is 21.4 Å². The van der Waals surface area contributed by atoms with Crippen molar-refractivity contribution in [1.82, 2.24) is 15.2 Å². The second kappa shape index (κ2) is 9.21. The zero-order valence-corrected chi connectivity index (χ0v) is 17.2. The Kier molecular flexibility index (Phi) is 7.18. The van der Waals surface area contributed by atoms with Crippen LogP contribution in [0.4, 0.5) is 0 Å². The third kappa shape index (κ3) is 7.34. The number of ether oxygens (including phenoxy) is 1. The molecule has 0 aromatic carbocycles. The van der Waals surface area contributed by atoms with Crippen LogP contribution in [0.15, 0.2) is 18.3 Å². The lowest BCUT2D eigenvalue weighted by Gasteiger charge is -2.27. The standard InChI is InChI=1S/C19H24ClN3O6/c1-19(2,3)29-16(26)9-14(18(28)23(10-15(24)25)12-4-5-12)22-17(27)13-8-11(20)6-7-21-13/h6-8,12,14H,4-5,9-10H2,1-3H3,(H,22,27)(H,24,25)/t14-/m0/s1. The van der Waals surface area contributed by atoms with Crippen molar-refractivity contribution in [3.63, 3.8) is 0 Å². The molecule has 1 saturated carbocycles. The molecule has 0 spiro atoms. The minimum atomic E-state index is -1.29. The van der Waals surface area contributed by atoms with Crippen molar-refractivity contribution in [2.45, 2.75) is 57.7 Å². The molecule has 1 aromatic rings. The Morgan fingerprint density at radius 1 is 1.34 bits per heavy atom. The van der Waals surface area contributed by atoms with Gasteiger partial charge in [-0.3, -0.25) is 24.2 Å². The van der Waals surface area contributed by atoms with Crippen LogP contribution in [0.2, 0.25) is 5.02 Å². The molecular formula is C19H24ClN3O6. The molecule has 1 aliphatic rings. The molecule has 0 saturated heterocycles. The summed E-state index contributed by atoms with van der Waals surface area (Å²) in [6.07, 6.45) is 2.23. The van der Waals surface area contributed by atoms with Crippen LogP contribution in [0.1, 0.15) is 50.5 Å². The smallest absolute Gasteiger partial charge is 0.323 e. The van der Waals surface area contributed by atoms with Crippen molar-refractivity contribution in [3.8, 4) is 0 Å². The van der Waals surface area contributed by atoms with Gasteiger partial charge in [0.1, 0.15) is 23.9 Å². The van der Waals surface area contributed by atoms with Crippen molar-refractivity contribution in [3.05, 3.63) is 29.0 Å². The van der Waals surface area contributed by atoms with Gasteiger partial charge < -0.3 is 20.1 Å². The van der Waals surface area contributed by atoms with Crippen LogP contribution in [-0.2, 0) is 19.1 Å². The number of carbonyl (C=O) groups excluding carboxylic acids is 3. The summed E-state index contributed by atoms with van der Waals surface area (Å²) in [6, 6.07) is 1.30. The molecule has 0 bridgehead atoms. The predicted octanol–water partition coefficient (Wildman–Crippen LogP) is 1.64. The average Bonchev–Trinajstić information content (AvgIpc) is 3.41. The van der Waals surface area contributed by atoms with Gasteiger partial charge in [-0.2, -0.15) is 0 Å². The van der Waals surface area contributed by atoms with E-state index >= 15 is 0 Å². The highest BCUT2D eigenvalue weighted by Crippen LogP contribution is 2.27. The van der Waals surface area contributed by atoms with E-state index in [1.165, 1.54) is 23.2 Å². The quantitative estimate of drug-likeness (QED) is 0.606. The normalized spacial score (nSPS) is 14.6. The monoisotopic (exact) mass is 425 g/mol. The molecule has 9 nitrogen and oxygen atoms in total. The molecule has 29 heavy (non-hydrogen) atoms. The van der Waals surface area contributed by atoms with Crippen molar-refractivity contribution in [2.24, 2.45) is 0 Å². The number of hydrogen-bond acceptors (Lipinski definition) is 6. The summed E-state index contributed by atoms with van der Waals surface area (Å²) in [4.78, 5) is 54.0. The summed E-state index contributed by atoms with van der Waals surface area (Å²) in [7, 11) is 0. The van der Waals surface area contributed by atoms with E-state index in [1.807, 2.05) is 0 Å². The number of nitrogens with zero attached hydrogens (tertiary/aromatic N) is 2. The largest absolute Gasteiger partial charge is 0.480 e. The molecule has 2 amide bonds. The Morgan fingerprint density at radius 2 is 2.00 bits per heavy atom. The zero-order chi connectivity index (χ0) is 21.8. The van der Waals surface area contributed by atoms with Crippen molar-refractivity contribution < 1.29 is 29.0 Å². The first-order chi connectivity index (χ1) is 13.5. The van der Waals surface area contributed by atoms with Crippen LogP contribution in [0.25, 0.3) is 0 Å². The van der Waals surface area contributed by atoms with Gasteiger partial charge in [0.05, 0.1) is 6.42 Å². The maximum Gasteiger partial charge on any atom is 0.323 e. The minimum absolute atomic E-state index is 0.0318. The molecular weight excluding hydrogens is 402 g/mol. The SMILES string of the molecule is CC(C)(C)OC(=O)C[C@H](NC(=O)c1cc(Cl)ccn1)C(=O)N(CC(=O)O)C1CC1. The lowest BCUT2D eigenvalue weighted by molar-refractivity contribution is -0.157. The lowest BCUT2D eigenvalue weighted by Crippen LogP contribution is -2.52. The van der Waals surface area contributed by atoms with E-state index < -0.39 is 48.4 Å². The summed E-state index contributed by atoms with van der Waals surface area (Å²) in [5, 5.41) is 11.9. The third-order valence-corrected chi connectivity index (χ3v) is 4.16. The third-order valence-electron chi connectivity index (χ3n) is 3.93. The van der Waals surface area contributed by atoms with Crippen LogP contribution in [0, 0.1) is 0 Å². The Hall–Kier alpha value is -2.68. The molecule has 1 fully saturated rings. The van der Waals surface area contributed by atoms with E-state index in [0.717, 1.165) is 0 Å². The maximum atomic E-state index is 13.0. The number of hydrogen-bond donors (Lipinski definition) is 2. The first-order valence-electron chi connectivity index (χ1n) is 9.13. The fraction of sp³-hybridized carbons (Fsp3) is 0.526. The van der Waals surface area contributed by atoms with E-state index in [0.29, 0.717) is 12.8 Å². The van der Waals surface area contributed by atoms with Gasteiger partial charge in [-0.05, 0) is 45.7 Å². The fourth-order valence-electron chi connectivity index (χ4n) is 2.63. The summed E-state index contributed by atoms with van der Waals surface area (Å²) in [6.45, 7) is 4.52. The summed E-state index contributed by atoms with van der Waals surface area (Å²) < 4.78 is 5.25. The molecule has 158 valence electrons. The number of aromatic nitrogens is 1. The molecule has 0 radical (unpaired) electrons. The van der Waals surface area contributed by atoms with Crippen LogP contribution in [0.3, 0.4) is 0 Å². The van der Waals surface area contributed by atoms with Gasteiger partial charge in [0.25, 0.3) is 5.91 Å². The highest BCUT2D eigenvalue weighted by molar-refractivity contribution is 6.30. The zero-order valence-electron chi connectivity index (χ0n) is 16.5. The molecule has 2 rings (SSSR count). The van der Waals surface area contributed by atoms with E-state index in [-0.39, 0.29) is 16.8 Å². The number of amides is 2. The molecule has 1 heterocycles. The van der Waals surface area contributed by atoms with Crippen LogP contribution < -0.4 is 5.32 Å². The van der Waals surface area contributed by atoms with Crippen LogP contribution >= 0.6 is 11.6 Å². The second-order valence-electron chi connectivity index (χ2n) is 7.77. The van der Waals surface area contributed by atoms with Gasteiger partial charge >= 0.3 is 11.9 Å². The number of halogens is 1. The second-order valence-corrected chi connectivity index (χ2v) is 8.20. The predicted molar refractivity (Wildman–Crippen MR) is 103 cm³/mol. The van der Waals surface area contributed by atoms with Crippen LogP contribution in [0.5, 0.6) is 0 Å². The minimum Gasteiger partial charge on any atom is -0.480 e. The highest BCUT2D eigenvalue weighted by atomic mass is 35.5. The molecule has 2 N–H and O–H groups in total. The van der Waals surface area contributed by atoms with E-state index in [2.05, 4.69) is 10.3 Å². The fourth-order valence-corrected chi connectivity index (χ4v) is 2.79. The molecule has 0 unspecified atom stereocenters. The van der Waals surface area contributed by atoms with Gasteiger partial charge in [0.2, 0.25) is 5.91 Å². The number of rotatable bonds is 8. The van der Waals surface area contributed by atoms with Crippen molar-refractivity contribution in [1.29, 1.82) is 0 Å². The van der Waals surface area contributed by atoms with Gasteiger partial charge in [-0.1, -0.05) is 11.6 Å². The summed E-state index contributed by atoms with van der Waals surface area (Å²) >= 11 is 5.87. The number of carboxylic acid groups (broad SMARTS) is 1. The molecule has 1 aromatic heterocycles. The number of nitrogens with one attached hydrogen (secondary N) is 1. The Bertz CT molecular complexity index is 803. The first-order valence-corrected chi connectivity index (χ1v) is 9.50. The van der Waals surface area contributed by atoms with Gasteiger partial charge in [0, 0.05) is 17.3 Å². The van der Waals surface area contributed by atoms with E-state index in [9.17, 15) is 19.2 Å². The number of aliphatic carboxylic acids is 1. The molecule has 10 heteroatoms. The number of esters is 1. The topological polar surface area (TPSA) is 126 Å². The lowest BCUT2D eigenvalue weighted by atomic mass is 10.1. The Labute approximate surface area is 173 Å². The maximum absolute atomic E-state index is 13.0. The first kappa shape index (κ1) is 22.6. The summed E-state index contributed by atoms with van der Waals surface area (Å²) in [5.74, 6) is -3.23. The summed E-state index contributed by atoms with van der Waals surface area (Å²) in [5.41, 5.74) is -0.809. The van der Waals surface area contributed by atoms with E-state index in [1.54, 1.807) is 20.8 Å². The van der Waals surface area contributed by atoms with Crippen molar-refractivity contribution in [2.75, 3.05) is 6.54 Å². The van der Waals surface area contributed by atoms with Gasteiger partial charge in [0.15, 0.2) is 0 Å². The Morgan fingerprint density at radius 3 is 2.52 bits per heavy atom. The average molecular weight is 426 g/mol. The number of carboxylic acids is 1. The number of pyridine rings is 1. The van der Waals surface area contributed by atoms with Crippen LogP contribution in [-0.4, -0.2) is 63.0 Å². The molecule has 1 atom stereocenters. The molecule has 0 aliphatic heterocycles. The van der Waals surface area contributed by atoms with Crippen molar-refractivity contribution >= 4 is 35.4 Å². The van der Waals surface area contributed by atoms with Gasteiger partial charge in [-0.25, -0.2) is 0 Å². The van der Waals surface area contributed by atoms with Gasteiger partial charge in [-0.15, -0.1) is 0 Å². The Balaban J connectivity index is 2.21. The number of carbonyl (C=O) groups is 4. The molecule has 1 aliphatic carbocycles.